The van der Waals surface area contributed by atoms with Gasteiger partial charge in [0.25, 0.3) is 0 Å². The second kappa shape index (κ2) is 28.2. The summed E-state index contributed by atoms with van der Waals surface area (Å²) < 4.78 is 153. The summed E-state index contributed by atoms with van der Waals surface area (Å²) in [5.41, 5.74) is 4.43. The van der Waals surface area contributed by atoms with Crippen LogP contribution in [0.2, 0.25) is 0 Å². The van der Waals surface area contributed by atoms with Crippen LogP contribution in [0.4, 0.5) is 75.4 Å². The molecule has 2 aliphatic heterocycles. The van der Waals surface area contributed by atoms with E-state index in [1.807, 2.05) is 12.1 Å². The van der Waals surface area contributed by atoms with Crippen LogP contribution in [-0.4, -0.2) is 121 Å². The van der Waals surface area contributed by atoms with Crippen LogP contribution < -0.4 is 19.6 Å². The van der Waals surface area contributed by atoms with Crippen molar-refractivity contribution in [2.45, 2.75) is 113 Å². The number of hydrogen-bond acceptors (Lipinski definition) is 12. The first-order valence-corrected chi connectivity index (χ1v) is 28.0. The molecule has 0 spiro atoms. The highest BCUT2D eigenvalue weighted by Gasteiger charge is 2.50. The Morgan fingerprint density at radius 2 is 0.722 bits per heavy atom. The van der Waals surface area contributed by atoms with E-state index in [0.29, 0.717) is 77.4 Å². The molecule has 0 aromatic heterocycles. The predicted octanol–water partition coefficient (Wildman–Crippen LogP) is 14.1. The molecule has 0 amide bonds. The molecular weight excluding hydrogens is 1200 g/mol. The fraction of sp³-hybridized carbons (Fsp3) is 0.333. The van der Waals surface area contributed by atoms with Crippen molar-refractivity contribution in [2.24, 2.45) is 0 Å². The first-order chi connectivity index (χ1) is 42.3. The monoisotopic (exact) mass is 1260 g/mol. The van der Waals surface area contributed by atoms with E-state index in [2.05, 4.69) is 24.3 Å². The molecule has 8 aromatic carbocycles. The minimum atomic E-state index is -4.67. The molecule has 4 N–H and O–H groups in total. The van der Waals surface area contributed by atoms with Crippen molar-refractivity contribution < 1.29 is 73.1 Å². The van der Waals surface area contributed by atoms with Crippen LogP contribution in [0.15, 0.2) is 146 Å². The van der Waals surface area contributed by atoms with Crippen LogP contribution in [0.5, 0.6) is 0 Å². The van der Waals surface area contributed by atoms with E-state index in [1.54, 1.807) is 143 Å². The van der Waals surface area contributed by atoms with Gasteiger partial charge in [-0.25, -0.2) is 0 Å². The van der Waals surface area contributed by atoms with E-state index >= 15 is 0 Å². The van der Waals surface area contributed by atoms with Gasteiger partial charge in [0, 0.05) is 49.9 Å². The molecule has 472 valence electrons. The fourth-order valence-electron chi connectivity index (χ4n) is 10.8. The zero-order valence-corrected chi connectivity index (χ0v) is 48.6. The summed E-state index contributed by atoms with van der Waals surface area (Å²) in [5, 5.41) is 80.3. The first-order valence-electron chi connectivity index (χ1n) is 28.0. The Labute approximate surface area is 510 Å². The number of alkyl halides is 12. The van der Waals surface area contributed by atoms with Crippen LogP contribution in [0, 0.1) is 45.3 Å². The molecule has 24 heteroatoms. The number of halogens is 12. The van der Waals surface area contributed by atoms with Gasteiger partial charge in [-0.1, -0.05) is 72.8 Å². The molecule has 0 radical (unpaired) electrons. The quantitative estimate of drug-likeness (QED) is 0.0950. The van der Waals surface area contributed by atoms with Crippen LogP contribution >= 0.6 is 0 Å². The third-order valence-corrected chi connectivity index (χ3v) is 16.2. The zero-order chi connectivity index (χ0) is 66.2. The topological polar surface area (TPSA) is 189 Å². The number of benzene rings is 8. The standard InChI is InChI=1S/C18H17F3N2O.C16H13F3N2O.2C16H15F3N2O/c19-18(20,21)17(24)16-6-1-2-9-23(16)14-7-8-15-12(10-14)4-3-5-13(15)11-22;17-16(18,19)15(22)14-6-7-21(14)12-4-5-13-10(8-12)2-1-3-11(13)9-20;2*1-10(15(22)16(17,18)19)21(2)13-6-7-14-11(8-13)4-3-5-12(14)9-20/h3-5,7-8,10,16-17,24H,1-2,6,9H2;1-5,8,14-15,22H,6-7H2;2*3-8,10,15,22H,1-2H3/t16-,17-;14-,15-;10-,15+;10-,15-/m1011/s1. The number of likely N-dealkylation sites (N-methyl/N-ethyl adjacent to an activating group) is 2. The van der Waals surface area contributed by atoms with Crippen molar-refractivity contribution in [1.82, 2.24) is 0 Å². The Bertz CT molecular complexity index is 3710. The molecule has 0 bridgehead atoms. The van der Waals surface area contributed by atoms with Gasteiger partial charge in [-0.2, -0.15) is 73.7 Å². The van der Waals surface area contributed by atoms with Gasteiger partial charge in [-0.05, 0) is 155 Å². The maximum absolute atomic E-state index is 13.0. The summed E-state index contributed by atoms with van der Waals surface area (Å²) in [6.07, 6.45) is -26.1. The van der Waals surface area contributed by atoms with Crippen molar-refractivity contribution in [3.05, 3.63) is 168 Å². The highest BCUT2D eigenvalue weighted by atomic mass is 19.4. The normalized spacial score (nSPS) is 17.2. The van der Waals surface area contributed by atoms with E-state index in [0.717, 1.165) is 49.5 Å². The van der Waals surface area contributed by atoms with Gasteiger partial charge in [-0.15, -0.1) is 0 Å². The molecule has 0 unspecified atom stereocenters. The second-order valence-electron chi connectivity index (χ2n) is 21.7. The van der Waals surface area contributed by atoms with Crippen LogP contribution in [0.3, 0.4) is 0 Å². The maximum atomic E-state index is 13.0. The molecule has 0 saturated carbocycles. The lowest BCUT2D eigenvalue weighted by molar-refractivity contribution is -0.213. The van der Waals surface area contributed by atoms with E-state index in [-0.39, 0.29) is 0 Å². The Balaban J connectivity index is 0.000000171. The number of nitriles is 4. The third-order valence-electron chi connectivity index (χ3n) is 16.2. The summed E-state index contributed by atoms with van der Waals surface area (Å²) in [5.74, 6) is 0. The van der Waals surface area contributed by atoms with E-state index in [9.17, 15) is 73.1 Å². The van der Waals surface area contributed by atoms with E-state index in [1.165, 1.54) is 37.7 Å². The van der Waals surface area contributed by atoms with Crippen molar-refractivity contribution >= 4 is 65.8 Å². The van der Waals surface area contributed by atoms with Crippen LogP contribution in [-0.2, 0) is 0 Å². The summed E-state index contributed by atoms with van der Waals surface area (Å²) in [7, 11) is 2.99. The van der Waals surface area contributed by atoms with Gasteiger partial charge < -0.3 is 40.0 Å². The Morgan fingerprint density at radius 1 is 0.411 bits per heavy atom. The van der Waals surface area contributed by atoms with Crippen LogP contribution in [0.25, 0.3) is 43.1 Å². The first kappa shape index (κ1) is 68.5. The van der Waals surface area contributed by atoms with Gasteiger partial charge >= 0.3 is 24.7 Å². The second-order valence-corrected chi connectivity index (χ2v) is 21.7. The molecule has 10 rings (SSSR count). The third kappa shape index (κ3) is 15.7. The lowest BCUT2D eigenvalue weighted by Crippen LogP contribution is -2.58. The van der Waals surface area contributed by atoms with Gasteiger partial charge in [0.1, 0.15) is 0 Å². The summed E-state index contributed by atoms with van der Waals surface area (Å²) >= 11 is 0. The lowest BCUT2D eigenvalue weighted by atomic mass is 9.94. The number of fused-ring (bicyclic) bond motifs is 4. The fourth-order valence-corrected chi connectivity index (χ4v) is 10.8. The Hall–Kier alpha value is -9.04. The predicted molar refractivity (Wildman–Crippen MR) is 319 cm³/mol. The molecule has 2 heterocycles. The maximum Gasteiger partial charge on any atom is 0.416 e. The summed E-state index contributed by atoms with van der Waals surface area (Å²) in [6.45, 7) is 3.57. The number of anilines is 4. The number of rotatable bonds is 10. The van der Waals surface area contributed by atoms with Gasteiger partial charge in [0.2, 0.25) is 0 Å². The molecule has 2 saturated heterocycles. The minimum absolute atomic E-state index is 0.303. The number of aliphatic hydroxyl groups excluding tert-OH is 4. The van der Waals surface area contributed by atoms with E-state index in [4.69, 9.17) is 21.0 Å². The number of nitrogens with zero attached hydrogens (tertiary/aromatic N) is 8. The Kier molecular flexibility index (Phi) is 21.4. The molecular formula is C66H60F12N8O4. The van der Waals surface area contributed by atoms with E-state index < -0.39 is 73.3 Å². The molecule has 8 aromatic rings. The van der Waals surface area contributed by atoms with Gasteiger partial charge in [-0.3, -0.25) is 0 Å². The van der Waals surface area contributed by atoms with Crippen molar-refractivity contribution in [3.8, 4) is 24.3 Å². The average molecular weight is 1260 g/mol. The molecule has 90 heavy (non-hydrogen) atoms. The highest BCUT2D eigenvalue weighted by molar-refractivity contribution is 5.93. The molecule has 2 fully saturated rings. The Morgan fingerprint density at radius 3 is 1.02 bits per heavy atom. The molecule has 12 nitrogen and oxygen atoms in total. The number of aliphatic hydroxyl groups is 4. The minimum Gasteiger partial charge on any atom is -0.382 e. The zero-order valence-electron chi connectivity index (χ0n) is 48.6. The number of hydrogen-bond donors (Lipinski definition) is 4. The van der Waals surface area contributed by atoms with Crippen LogP contribution in [0.1, 0.15) is 61.8 Å². The molecule has 0 aliphatic carbocycles. The van der Waals surface area contributed by atoms with Crippen molar-refractivity contribution in [1.29, 1.82) is 21.0 Å². The highest BCUT2D eigenvalue weighted by Crippen LogP contribution is 2.39. The van der Waals surface area contributed by atoms with Crippen molar-refractivity contribution in [2.75, 3.05) is 46.8 Å². The van der Waals surface area contributed by atoms with Gasteiger partial charge in [0.15, 0.2) is 24.4 Å². The number of piperidine rings is 1. The molecule has 2 aliphatic rings. The average Bonchev–Trinajstić information content (AvgIpc) is 0.955. The van der Waals surface area contributed by atoms with Crippen molar-refractivity contribution in [3.63, 3.8) is 0 Å². The SMILES string of the molecule is C[C@H]([C@@H](O)C(F)(F)F)N(C)c1ccc2c(C#N)cccc2c1.C[C@H]([C@H](O)C(F)(F)F)N(C)c1ccc2c(C#N)cccc2c1.N#Cc1cccc2cc(N3CCCC[C@@H]3[C@@H](O)C(F)(F)F)ccc12.N#Cc1cccc2cc(N3CC[C@H]3[C@H](O)C(F)(F)F)ccc12. The van der Waals surface area contributed by atoms with Gasteiger partial charge in [0.05, 0.1) is 70.7 Å². The summed E-state index contributed by atoms with van der Waals surface area (Å²) in [4.78, 5) is 5.93. The lowest BCUT2D eigenvalue weighted by Gasteiger charge is -2.45. The largest absolute Gasteiger partial charge is 0.416 e. The smallest absolute Gasteiger partial charge is 0.382 e. The molecule has 8 atom stereocenters. The summed E-state index contributed by atoms with van der Waals surface area (Å²) in [6, 6.07) is 45.7.